The molecule has 2 heterocycles. The molecule has 0 bridgehead atoms. The highest BCUT2D eigenvalue weighted by atomic mass is 19.1. The molecule has 0 saturated carbocycles. The Morgan fingerprint density at radius 3 is 2.52 bits per heavy atom. The van der Waals surface area contributed by atoms with E-state index in [1.807, 2.05) is 37.3 Å². The maximum absolute atomic E-state index is 12.9. The van der Waals surface area contributed by atoms with Crippen LogP contribution in [0.5, 0.6) is 0 Å². The second kappa shape index (κ2) is 6.51. The Balaban J connectivity index is 1.53. The lowest BCUT2D eigenvalue weighted by Crippen LogP contribution is -2.00. The lowest BCUT2D eigenvalue weighted by molar-refractivity contribution is 0.626. The largest absolute Gasteiger partial charge is 0.241 e. The van der Waals surface area contributed by atoms with Gasteiger partial charge in [-0.3, -0.25) is 0 Å². The molecule has 0 aliphatic rings. The minimum absolute atomic E-state index is 0.206. The number of hydrogen-bond donors (Lipinski definition) is 0. The summed E-state index contributed by atoms with van der Waals surface area (Å²) in [5.41, 5.74) is 5.30. The van der Waals surface area contributed by atoms with Crippen molar-refractivity contribution in [3.63, 3.8) is 0 Å². The molecule has 0 unspecified atom stereocenters. The summed E-state index contributed by atoms with van der Waals surface area (Å²) < 4.78 is 12.9. The molecule has 4 rings (SSSR count). The van der Waals surface area contributed by atoms with Crippen molar-refractivity contribution in [1.82, 2.24) is 19.9 Å². The van der Waals surface area contributed by atoms with Gasteiger partial charge in [0.25, 0.3) is 0 Å². The molecule has 0 spiro atoms. The van der Waals surface area contributed by atoms with Gasteiger partial charge < -0.3 is 0 Å². The van der Waals surface area contributed by atoms with E-state index in [1.165, 1.54) is 12.1 Å². The monoisotopic (exact) mass is 332 g/mol. The summed E-state index contributed by atoms with van der Waals surface area (Å²) in [6.45, 7) is 2.03. The fourth-order valence-electron chi connectivity index (χ4n) is 2.85. The van der Waals surface area contributed by atoms with Crippen molar-refractivity contribution in [1.29, 1.82) is 0 Å². The van der Waals surface area contributed by atoms with Gasteiger partial charge in [-0.1, -0.05) is 18.2 Å². The van der Waals surface area contributed by atoms with Gasteiger partial charge in [0.1, 0.15) is 17.2 Å². The Hall–Kier alpha value is -2.95. The average Bonchev–Trinajstić information content (AvgIpc) is 2.61. The molecule has 0 amide bonds. The van der Waals surface area contributed by atoms with E-state index in [2.05, 4.69) is 19.9 Å². The second-order valence-corrected chi connectivity index (χ2v) is 6.19. The van der Waals surface area contributed by atoms with Gasteiger partial charge in [-0.15, -0.1) is 0 Å². The Kier molecular flexibility index (Phi) is 4.06. The molecule has 0 atom stereocenters. The molecule has 2 aromatic carbocycles. The summed E-state index contributed by atoms with van der Waals surface area (Å²) in [5.74, 6) is 0.554. The third kappa shape index (κ3) is 3.45. The first-order valence-corrected chi connectivity index (χ1v) is 8.32. The molecule has 25 heavy (non-hydrogen) atoms. The van der Waals surface area contributed by atoms with Crippen LogP contribution in [0.4, 0.5) is 4.39 Å². The molecule has 0 aliphatic carbocycles. The zero-order valence-electron chi connectivity index (χ0n) is 13.9. The molecular weight excluding hydrogens is 315 g/mol. The molecule has 0 N–H and O–H groups in total. The van der Waals surface area contributed by atoms with Crippen LogP contribution < -0.4 is 0 Å². The Bertz CT molecular complexity index is 1040. The molecule has 2 aromatic heterocycles. The van der Waals surface area contributed by atoms with E-state index in [9.17, 15) is 4.39 Å². The topological polar surface area (TPSA) is 51.6 Å². The fourth-order valence-corrected chi connectivity index (χ4v) is 2.85. The van der Waals surface area contributed by atoms with Crippen molar-refractivity contribution in [3.8, 4) is 0 Å². The van der Waals surface area contributed by atoms with Crippen LogP contribution in [0.15, 0.2) is 48.7 Å². The van der Waals surface area contributed by atoms with Crippen LogP contribution in [0.3, 0.4) is 0 Å². The first-order chi connectivity index (χ1) is 12.2. The molecule has 0 fully saturated rings. The number of nitrogens with zero attached hydrogens (tertiary/aromatic N) is 4. The van der Waals surface area contributed by atoms with E-state index in [0.29, 0.717) is 11.2 Å². The van der Waals surface area contributed by atoms with Gasteiger partial charge in [0.05, 0.1) is 17.2 Å². The number of rotatable bonds is 4. The van der Waals surface area contributed by atoms with Crippen LogP contribution in [0.2, 0.25) is 0 Å². The zero-order valence-corrected chi connectivity index (χ0v) is 13.9. The van der Waals surface area contributed by atoms with Gasteiger partial charge in [0.15, 0.2) is 5.65 Å². The highest BCUT2D eigenvalue weighted by molar-refractivity contribution is 5.84. The van der Waals surface area contributed by atoms with Crippen LogP contribution in [-0.2, 0) is 12.8 Å². The lowest BCUT2D eigenvalue weighted by Gasteiger charge is -2.04. The Morgan fingerprint density at radius 2 is 1.68 bits per heavy atom. The standard InChI is InChI=1S/C20H17FN4/c1-13-5-10-16-17(11-13)24-20-18(23-16)12-22-19(25-20)4-2-3-14-6-8-15(21)9-7-14/h5-12H,2-4H2,1H3. The van der Waals surface area contributed by atoms with Gasteiger partial charge in [-0.2, -0.15) is 0 Å². The van der Waals surface area contributed by atoms with E-state index in [-0.39, 0.29) is 5.82 Å². The van der Waals surface area contributed by atoms with E-state index in [0.717, 1.165) is 47.2 Å². The number of hydrogen-bond acceptors (Lipinski definition) is 4. The Labute approximate surface area is 144 Å². The maximum Gasteiger partial charge on any atom is 0.182 e. The summed E-state index contributed by atoms with van der Waals surface area (Å²) in [7, 11) is 0. The van der Waals surface area contributed by atoms with Crippen molar-refractivity contribution in [3.05, 3.63) is 71.4 Å². The molecule has 0 aliphatic heterocycles. The first kappa shape index (κ1) is 15.6. The summed E-state index contributed by atoms with van der Waals surface area (Å²) in [4.78, 5) is 18.2. The van der Waals surface area contributed by atoms with E-state index in [4.69, 9.17) is 0 Å². The Morgan fingerprint density at radius 1 is 0.840 bits per heavy atom. The van der Waals surface area contributed by atoms with Crippen LogP contribution in [0, 0.1) is 12.7 Å². The normalized spacial score (nSPS) is 11.3. The number of halogens is 1. The number of benzene rings is 2. The van der Waals surface area contributed by atoms with Crippen LogP contribution in [0.25, 0.3) is 22.2 Å². The van der Waals surface area contributed by atoms with Crippen LogP contribution >= 0.6 is 0 Å². The van der Waals surface area contributed by atoms with Crippen molar-refractivity contribution < 1.29 is 4.39 Å². The van der Waals surface area contributed by atoms with Gasteiger partial charge in [-0.05, 0) is 55.2 Å². The molecule has 5 heteroatoms. The average molecular weight is 332 g/mol. The van der Waals surface area contributed by atoms with Gasteiger partial charge in [0.2, 0.25) is 0 Å². The number of aryl methyl sites for hydroxylation is 3. The van der Waals surface area contributed by atoms with Crippen molar-refractivity contribution in [2.75, 3.05) is 0 Å². The molecule has 124 valence electrons. The van der Waals surface area contributed by atoms with E-state index < -0.39 is 0 Å². The predicted molar refractivity (Wildman–Crippen MR) is 95.8 cm³/mol. The van der Waals surface area contributed by atoms with E-state index >= 15 is 0 Å². The summed E-state index contributed by atoms with van der Waals surface area (Å²) in [6, 6.07) is 12.6. The molecule has 4 aromatic rings. The van der Waals surface area contributed by atoms with Crippen molar-refractivity contribution in [2.45, 2.75) is 26.2 Å². The van der Waals surface area contributed by atoms with Gasteiger partial charge in [-0.25, -0.2) is 24.3 Å². The quantitative estimate of drug-likeness (QED) is 0.526. The summed E-state index contributed by atoms with van der Waals surface area (Å²) >= 11 is 0. The smallest absolute Gasteiger partial charge is 0.182 e. The van der Waals surface area contributed by atoms with Crippen molar-refractivity contribution in [2.24, 2.45) is 0 Å². The highest BCUT2D eigenvalue weighted by Crippen LogP contribution is 2.16. The predicted octanol–water partition coefficient (Wildman–Crippen LogP) is 4.20. The van der Waals surface area contributed by atoms with Crippen molar-refractivity contribution >= 4 is 22.2 Å². The SMILES string of the molecule is Cc1ccc2nc3cnc(CCCc4ccc(F)cc4)nc3nc2c1. The molecule has 0 saturated heterocycles. The summed E-state index contributed by atoms with van der Waals surface area (Å²) in [6.07, 6.45) is 4.25. The molecule has 4 nitrogen and oxygen atoms in total. The van der Waals surface area contributed by atoms with E-state index in [1.54, 1.807) is 6.20 Å². The lowest BCUT2D eigenvalue weighted by atomic mass is 10.1. The third-order valence-corrected chi connectivity index (χ3v) is 4.18. The second-order valence-electron chi connectivity index (χ2n) is 6.19. The van der Waals surface area contributed by atoms with Crippen LogP contribution in [-0.4, -0.2) is 19.9 Å². The van der Waals surface area contributed by atoms with Crippen LogP contribution in [0.1, 0.15) is 23.4 Å². The minimum Gasteiger partial charge on any atom is -0.241 e. The third-order valence-electron chi connectivity index (χ3n) is 4.18. The number of fused-ring (bicyclic) bond motifs is 2. The zero-order chi connectivity index (χ0) is 17.2. The fraction of sp³-hybridized carbons (Fsp3) is 0.200. The summed E-state index contributed by atoms with van der Waals surface area (Å²) in [5, 5.41) is 0. The minimum atomic E-state index is -0.206. The molecular formula is C20H17FN4. The maximum atomic E-state index is 12.9. The first-order valence-electron chi connectivity index (χ1n) is 8.32. The number of aromatic nitrogens is 4. The molecule has 0 radical (unpaired) electrons. The van der Waals surface area contributed by atoms with Gasteiger partial charge >= 0.3 is 0 Å². The van der Waals surface area contributed by atoms with Gasteiger partial charge in [0, 0.05) is 6.42 Å². The highest BCUT2D eigenvalue weighted by Gasteiger charge is 2.06.